The number of ether oxygens (including phenoxy) is 1. The molecule has 1 amide bonds. The molecule has 156 valence electrons. The molecule has 11 heteroatoms. The van der Waals surface area contributed by atoms with E-state index in [1.807, 2.05) is 6.92 Å². The molecule has 3 rings (SSSR count). The average Bonchev–Trinajstić information content (AvgIpc) is 3.11. The van der Waals surface area contributed by atoms with Gasteiger partial charge in [-0.1, -0.05) is 11.6 Å². The van der Waals surface area contributed by atoms with Crippen molar-refractivity contribution in [3.63, 3.8) is 0 Å². The summed E-state index contributed by atoms with van der Waals surface area (Å²) in [6, 6.07) is 5.96. The topological polar surface area (TPSA) is 96.9 Å². The highest BCUT2D eigenvalue weighted by atomic mass is 35.5. The SMILES string of the molecule is Cc1nc(CC(=O)OCC(=O)N2CCN(S(=O)(=O)c3ccc(Cl)cc3)CC2)cs1. The molecule has 1 aromatic carbocycles. The van der Waals surface area contributed by atoms with Crippen LogP contribution in [0.3, 0.4) is 0 Å². The van der Waals surface area contributed by atoms with Crippen LogP contribution in [0.1, 0.15) is 10.7 Å². The fraction of sp³-hybridized carbons (Fsp3) is 0.389. The first-order chi connectivity index (χ1) is 13.8. The Bertz CT molecular complexity index is 983. The lowest BCUT2D eigenvalue weighted by molar-refractivity contribution is -0.152. The van der Waals surface area contributed by atoms with Gasteiger partial charge >= 0.3 is 5.97 Å². The van der Waals surface area contributed by atoms with E-state index in [0.29, 0.717) is 10.7 Å². The number of nitrogens with zero attached hydrogens (tertiary/aromatic N) is 3. The molecular formula is C18H20ClN3O5S2. The molecule has 0 aliphatic carbocycles. The van der Waals surface area contributed by atoms with Gasteiger partial charge in [-0.25, -0.2) is 13.4 Å². The summed E-state index contributed by atoms with van der Waals surface area (Å²) >= 11 is 7.25. The first-order valence-corrected chi connectivity index (χ1v) is 11.6. The zero-order valence-electron chi connectivity index (χ0n) is 15.7. The van der Waals surface area contributed by atoms with E-state index in [2.05, 4.69) is 4.98 Å². The molecule has 1 aliphatic heterocycles. The standard InChI is InChI=1S/C18H20ClN3O5S2/c1-13-20-15(12-28-13)10-18(24)27-11-17(23)21-6-8-22(9-7-21)29(25,26)16-4-2-14(19)3-5-16/h2-5,12H,6-11H2,1H3. The summed E-state index contributed by atoms with van der Waals surface area (Å²) in [6.07, 6.45) is 0.0186. The van der Waals surface area contributed by atoms with Crippen LogP contribution in [0.5, 0.6) is 0 Å². The molecule has 2 heterocycles. The largest absolute Gasteiger partial charge is 0.455 e. The number of carbonyl (C=O) groups is 2. The molecule has 1 fully saturated rings. The van der Waals surface area contributed by atoms with Gasteiger partial charge in [-0.3, -0.25) is 9.59 Å². The number of hydrogen-bond donors (Lipinski definition) is 0. The number of benzene rings is 1. The summed E-state index contributed by atoms with van der Waals surface area (Å²) in [5.41, 5.74) is 0.617. The number of aryl methyl sites for hydroxylation is 1. The fourth-order valence-electron chi connectivity index (χ4n) is 2.86. The fourth-order valence-corrected chi connectivity index (χ4v) is 5.02. The van der Waals surface area contributed by atoms with Crippen LogP contribution in [0, 0.1) is 6.92 Å². The molecule has 2 aromatic rings. The first kappa shape index (κ1) is 21.7. The number of carbonyl (C=O) groups excluding carboxylic acids is 2. The van der Waals surface area contributed by atoms with Crippen molar-refractivity contribution < 1.29 is 22.7 Å². The van der Waals surface area contributed by atoms with Crippen LogP contribution in [-0.2, 0) is 30.8 Å². The first-order valence-electron chi connectivity index (χ1n) is 8.86. The lowest BCUT2D eigenvalue weighted by atomic mass is 10.3. The van der Waals surface area contributed by atoms with E-state index in [1.54, 1.807) is 5.38 Å². The van der Waals surface area contributed by atoms with Crippen molar-refractivity contribution in [3.8, 4) is 0 Å². The van der Waals surface area contributed by atoms with Gasteiger partial charge in [0.1, 0.15) is 0 Å². The predicted molar refractivity (Wildman–Crippen MR) is 108 cm³/mol. The normalized spacial score (nSPS) is 15.3. The number of aromatic nitrogens is 1. The number of hydrogen-bond acceptors (Lipinski definition) is 7. The molecule has 1 saturated heterocycles. The van der Waals surface area contributed by atoms with E-state index < -0.39 is 16.0 Å². The molecule has 29 heavy (non-hydrogen) atoms. The number of esters is 1. The summed E-state index contributed by atoms with van der Waals surface area (Å²) < 4.78 is 31.7. The smallest absolute Gasteiger partial charge is 0.312 e. The minimum Gasteiger partial charge on any atom is -0.455 e. The predicted octanol–water partition coefficient (Wildman–Crippen LogP) is 1.72. The lowest BCUT2D eigenvalue weighted by Gasteiger charge is -2.33. The molecule has 0 radical (unpaired) electrons. The van der Waals surface area contributed by atoms with E-state index in [9.17, 15) is 18.0 Å². The molecular weight excluding hydrogens is 438 g/mol. The Morgan fingerprint density at radius 1 is 1.17 bits per heavy atom. The van der Waals surface area contributed by atoms with Crippen LogP contribution >= 0.6 is 22.9 Å². The Labute approximate surface area is 178 Å². The number of thiazole rings is 1. The van der Waals surface area contributed by atoms with Gasteiger partial charge in [0.2, 0.25) is 10.0 Å². The second-order valence-corrected chi connectivity index (χ2v) is 9.87. The Morgan fingerprint density at radius 2 is 1.83 bits per heavy atom. The molecule has 1 aromatic heterocycles. The van der Waals surface area contributed by atoms with Gasteiger partial charge in [0.05, 0.1) is 22.0 Å². The van der Waals surface area contributed by atoms with E-state index >= 15 is 0 Å². The molecule has 1 aliphatic rings. The van der Waals surface area contributed by atoms with Gasteiger partial charge in [0, 0.05) is 36.6 Å². The molecule has 0 bridgehead atoms. The number of rotatable bonds is 6. The Morgan fingerprint density at radius 3 is 2.41 bits per heavy atom. The molecule has 0 atom stereocenters. The van der Waals surface area contributed by atoms with Crippen molar-refractivity contribution in [1.29, 1.82) is 0 Å². The highest BCUT2D eigenvalue weighted by molar-refractivity contribution is 7.89. The van der Waals surface area contributed by atoms with Gasteiger partial charge in [-0.05, 0) is 31.2 Å². The monoisotopic (exact) mass is 457 g/mol. The van der Waals surface area contributed by atoms with Crippen LogP contribution in [0.15, 0.2) is 34.5 Å². The van der Waals surface area contributed by atoms with Crippen LogP contribution in [0.25, 0.3) is 0 Å². The van der Waals surface area contributed by atoms with E-state index in [-0.39, 0.29) is 50.0 Å². The molecule has 0 N–H and O–H groups in total. The molecule has 0 unspecified atom stereocenters. The minimum atomic E-state index is -3.64. The Hall–Kier alpha value is -2.01. The van der Waals surface area contributed by atoms with Crippen molar-refractivity contribution in [2.45, 2.75) is 18.2 Å². The van der Waals surface area contributed by atoms with Gasteiger partial charge in [-0.15, -0.1) is 11.3 Å². The highest BCUT2D eigenvalue weighted by Gasteiger charge is 2.30. The van der Waals surface area contributed by atoms with Crippen molar-refractivity contribution in [2.24, 2.45) is 0 Å². The Kier molecular flexibility index (Phi) is 6.89. The van der Waals surface area contributed by atoms with Crippen LogP contribution in [0.4, 0.5) is 0 Å². The molecule has 0 spiro atoms. The van der Waals surface area contributed by atoms with E-state index in [4.69, 9.17) is 16.3 Å². The quantitative estimate of drug-likeness (QED) is 0.613. The third-order valence-electron chi connectivity index (χ3n) is 4.39. The van der Waals surface area contributed by atoms with Gasteiger partial charge < -0.3 is 9.64 Å². The summed E-state index contributed by atoms with van der Waals surface area (Å²) in [5, 5.41) is 3.09. The third kappa shape index (κ3) is 5.53. The summed E-state index contributed by atoms with van der Waals surface area (Å²) in [6.45, 7) is 2.27. The van der Waals surface area contributed by atoms with Crippen LogP contribution < -0.4 is 0 Å². The summed E-state index contributed by atoms with van der Waals surface area (Å²) in [5.74, 6) is -0.871. The average molecular weight is 458 g/mol. The van der Waals surface area contributed by atoms with Crippen molar-refractivity contribution >= 4 is 44.8 Å². The number of amides is 1. The third-order valence-corrected chi connectivity index (χ3v) is 7.38. The maximum Gasteiger partial charge on any atom is 0.312 e. The number of sulfonamides is 1. The van der Waals surface area contributed by atoms with Gasteiger partial charge in [0.25, 0.3) is 5.91 Å². The van der Waals surface area contributed by atoms with Crippen molar-refractivity contribution in [2.75, 3.05) is 32.8 Å². The van der Waals surface area contributed by atoms with Gasteiger partial charge in [-0.2, -0.15) is 4.31 Å². The Balaban J connectivity index is 1.47. The van der Waals surface area contributed by atoms with Crippen LogP contribution in [-0.4, -0.2) is 67.3 Å². The second kappa shape index (κ2) is 9.21. The van der Waals surface area contributed by atoms with E-state index in [0.717, 1.165) is 5.01 Å². The highest BCUT2D eigenvalue weighted by Crippen LogP contribution is 2.20. The van der Waals surface area contributed by atoms with Crippen molar-refractivity contribution in [1.82, 2.24) is 14.2 Å². The number of piperazine rings is 1. The second-order valence-electron chi connectivity index (χ2n) is 6.43. The minimum absolute atomic E-state index is 0.0186. The summed E-state index contributed by atoms with van der Waals surface area (Å²) in [4.78, 5) is 30.0. The van der Waals surface area contributed by atoms with E-state index in [1.165, 1.54) is 44.8 Å². The maximum absolute atomic E-state index is 12.7. The number of halogens is 1. The maximum atomic E-state index is 12.7. The van der Waals surface area contributed by atoms with Crippen molar-refractivity contribution in [3.05, 3.63) is 45.4 Å². The molecule has 8 nitrogen and oxygen atoms in total. The zero-order chi connectivity index (χ0) is 21.0. The van der Waals surface area contributed by atoms with Crippen LogP contribution in [0.2, 0.25) is 5.02 Å². The lowest BCUT2D eigenvalue weighted by Crippen LogP contribution is -2.51. The zero-order valence-corrected chi connectivity index (χ0v) is 18.1. The van der Waals surface area contributed by atoms with Gasteiger partial charge in [0.15, 0.2) is 6.61 Å². The summed E-state index contributed by atoms with van der Waals surface area (Å²) in [7, 11) is -3.64. The molecule has 0 saturated carbocycles.